The Bertz CT molecular complexity index is 895. The van der Waals surface area contributed by atoms with E-state index in [9.17, 15) is 14.4 Å². The van der Waals surface area contributed by atoms with Crippen molar-refractivity contribution < 1.29 is 19.1 Å². The minimum atomic E-state index is -0.526. The highest BCUT2D eigenvalue weighted by Crippen LogP contribution is 2.29. The number of para-hydroxylation sites is 1. The number of pyridine rings is 1. The number of nitrogens with zero attached hydrogens (tertiary/aromatic N) is 1. The molecule has 28 heavy (non-hydrogen) atoms. The van der Waals surface area contributed by atoms with Crippen molar-refractivity contribution in [3.05, 3.63) is 41.1 Å². The van der Waals surface area contributed by atoms with Gasteiger partial charge < -0.3 is 15.4 Å². The summed E-state index contributed by atoms with van der Waals surface area (Å²) in [7, 11) is 0. The van der Waals surface area contributed by atoms with E-state index in [1.807, 2.05) is 31.2 Å². The minimum absolute atomic E-state index is 0.135. The molecule has 2 N–H and O–H groups in total. The van der Waals surface area contributed by atoms with Gasteiger partial charge in [-0.25, -0.2) is 4.79 Å². The molecule has 148 valence electrons. The number of carbonyl (C=O) groups excluding carboxylic acids is 3. The van der Waals surface area contributed by atoms with Gasteiger partial charge in [-0.3, -0.25) is 14.6 Å². The van der Waals surface area contributed by atoms with E-state index in [1.54, 1.807) is 0 Å². The van der Waals surface area contributed by atoms with Crippen molar-refractivity contribution in [3.63, 3.8) is 0 Å². The summed E-state index contributed by atoms with van der Waals surface area (Å²) in [6.45, 7) is 1.94. The third-order valence-corrected chi connectivity index (χ3v) is 4.73. The Morgan fingerprint density at radius 2 is 1.86 bits per heavy atom. The summed E-state index contributed by atoms with van der Waals surface area (Å²) < 4.78 is 5.27. The molecule has 1 aliphatic rings. The number of esters is 1. The highest BCUT2D eigenvalue weighted by molar-refractivity contribution is 6.05. The van der Waals surface area contributed by atoms with Crippen LogP contribution in [0.3, 0.4) is 0 Å². The summed E-state index contributed by atoms with van der Waals surface area (Å²) in [5, 5.41) is 5.86. The van der Waals surface area contributed by atoms with Crippen LogP contribution in [0.4, 0.5) is 0 Å². The highest BCUT2D eigenvalue weighted by Gasteiger charge is 2.24. The number of aromatic nitrogens is 1. The summed E-state index contributed by atoms with van der Waals surface area (Å²) in [4.78, 5) is 41.0. The van der Waals surface area contributed by atoms with Gasteiger partial charge in [0.25, 0.3) is 5.91 Å². The lowest BCUT2D eigenvalue weighted by atomic mass is 9.90. The quantitative estimate of drug-likeness (QED) is 0.712. The van der Waals surface area contributed by atoms with Crippen LogP contribution in [-0.2, 0) is 27.2 Å². The van der Waals surface area contributed by atoms with E-state index in [0.29, 0.717) is 12.1 Å². The third-order valence-electron chi connectivity index (χ3n) is 4.73. The zero-order chi connectivity index (χ0) is 19.9. The predicted octanol–water partition coefficient (Wildman–Crippen LogP) is 1.91. The van der Waals surface area contributed by atoms with E-state index >= 15 is 0 Å². The summed E-state index contributed by atoms with van der Waals surface area (Å²) in [6, 6.07) is 7.48. The summed E-state index contributed by atoms with van der Waals surface area (Å²) >= 11 is 0. The number of amides is 2. The van der Waals surface area contributed by atoms with Gasteiger partial charge in [0, 0.05) is 17.6 Å². The lowest BCUT2D eigenvalue weighted by Crippen LogP contribution is -2.39. The van der Waals surface area contributed by atoms with Gasteiger partial charge in [-0.05, 0) is 43.7 Å². The van der Waals surface area contributed by atoms with Crippen LogP contribution in [0.25, 0.3) is 10.9 Å². The van der Waals surface area contributed by atoms with Gasteiger partial charge in [0.05, 0.1) is 17.6 Å². The molecule has 1 heterocycles. The van der Waals surface area contributed by atoms with Crippen LogP contribution in [0.5, 0.6) is 0 Å². The molecule has 1 aliphatic carbocycles. The van der Waals surface area contributed by atoms with Crippen LogP contribution in [0.2, 0.25) is 0 Å². The number of ether oxygens (including phenoxy) is 1. The first-order valence-corrected chi connectivity index (χ1v) is 9.71. The molecule has 0 unspecified atom stereocenters. The van der Waals surface area contributed by atoms with Gasteiger partial charge in [0.2, 0.25) is 5.91 Å². The van der Waals surface area contributed by atoms with Gasteiger partial charge in [-0.15, -0.1) is 0 Å². The van der Waals surface area contributed by atoms with Crippen molar-refractivity contribution in [2.24, 2.45) is 0 Å². The molecule has 7 nitrogen and oxygen atoms in total. The van der Waals surface area contributed by atoms with Crippen molar-refractivity contribution in [1.29, 1.82) is 0 Å². The summed E-state index contributed by atoms with van der Waals surface area (Å²) in [5.41, 5.74) is 3.13. The molecule has 1 aromatic heterocycles. The van der Waals surface area contributed by atoms with E-state index in [4.69, 9.17) is 9.72 Å². The number of nitrogens with one attached hydrogen (secondary N) is 2. The number of benzene rings is 1. The van der Waals surface area contributed by atoms with Crippen LogP contribution >= 0.6 is 0 Å². The fourth-order valence-electron chi connectivity index (χ4n) is 3.37. The Hall–Kier alpha value is -2.96. The van der Waals surface area contributed by atoms with Gasteiger partial charge in [-0.1, -0.05) is 25.1 Å². The average Bonchev–Trinajstić information content (AvgIpc) is 2.72. The maximum absolute atomic E-state index is 12.8. The van der Waals surface area contributed by atoms with E-state index in [2.05, 4.69) is 10.6 Å². The number of fused-ring (bicyclic) bond motifs is 2. The molecule has 2 aromatic rings. The van der Waals surface area contributed by atoms with Gasteiger partial charge in [-0.2, -0.15) is 0 Å². The van der Waals surface area contributed by atoms with Crippen LogP contribution in [0.1, 0.15) is 47.8 Å². The normalized spacial score (nSPS) is 12.9. The van der Waals surface area contributed by atoms with Crippen molar-refractivity contribution in [1.82, 2.24) is 15.6 Å². The first kappa shape index (κ1) is 19.8. The second-order valence-corrected chi connectivity index (χ2v) is 6.84. The molecule has 1 aromatic carbocycles. The number of hydrogen-bond acceptors (Lipinski definition) is 5. The second-order valence-electron chi connectivity index (χ2n) is 6.84. The molecule has 0 bridgehead atoms. The average molecular weight is 383 g/mol. The Balaban J connectivity index is 1.68. The minimum Gasteiger partial charge on any atom is -0.452 e. The summed E-state index contributed by atoms with van der Waals surface area (Å²) in [6.07, 6.45) is 4.49. The van der Waals surface area contributed by atoms with E-state index in [-0.39, 0.29) is 12.5 Å². The lowest BCUT2D eigenvalue weighted by Gasteiger charge is -2.19. The molecule has 2 amide bonds. The van der Waals surface area contributed by atoms with E-state index < -0.39 is 18.5 Å². The van der Waals surface area contributed by atoms with Gasteiger partial charge >= 0.3 is 5.97 Å². The predicted molar refractivity (Wildman–Crippen MR) is 105 cm³/mol. The standard InChI is InChI=1S/C21H25N3O4/c1-2-11-22-18(25)12-23-19(26)13-28-21(27)20-14-7-3-5-9-16(14)24-17-10-6-4-8-15(17)20/h3,5,7,9H,2,4,6,8,10-13H2,1H3,(H,22,25)(H,23,26). The molecule has 0 saturated carbocycles. The maximum Gasteiger partial charge on any atom is 0.339 e. The van der Waals surface area contributed by atoms with Crippen molar-refractivity contribution in [3.8, 4) is 0 Å². The molecule has 0 fully saturated rings. The summed E-state index contributed by atoms with van der Waals surface area (Å²) in [5.74, 6) is -1.30. The largest absolute Gasteiger partial charge is 0.452 e. The number of carbonyl (C=O) groups is 3. The maximum atomic E-state index is 12.8. The molecule has 0 spiro atoms. The molecule has 0 atom stereocenters. The SMILES string of the molecule is CCCNC(=O)CNC(=O)COC(=O)c1c2c(nc3ccccc13)CCCC2. The molecule has 3 rings (SSSR count). The number of rotatable bonds is 7. The highest BCUT2D eigenvalue weighted by atomic mass is 16.5. The van der Waals surface area contributed by atoms with Gasteiger partial charge in [0.15, 0.2) is 6.61 Å². The van der Waals surface area contributed by atoms with Crippen molar-refractivity contribution in [2.75, 3.05) is 19.7 Å². The van der Waals surface area contributed by atoms with E-state index in [0.717, 1.165) is 54.3 Å². The first-order chi connectivity index (χ1) is 13.6. The number of aryl methyl sites for hydroxylation is 1. The molecule has 7 heteroatoms. The Kier molecular flexibility index (Phi) is 6.57. The Morgan fingerprint density at radius 3 is 2.68 bits per heavy atom. The molecule has 0 saturated heterocycles. The van der Waals surface area contributed by atoms with Crippen LogP contribution in [-0.4, -0.2) is 42.5 Å². The first-order valence-electron chi connectivity index (χ1n) is 9.71. The zero-order valence-electron chi connectivity index (χ0n) is 16.0. The topological polar surface area (TPSA) is 97.4 Å². The lowest BCUT2D eigenvalue weighted by molar-refractivity contribution is -0.127. The Labute approximate surface area is 163 Å². The fourth-order valence-corrected chi connectivity index (χ4v) is 3.37. The van der Waals surface area contributed by atoms with Crippen molar-refractivity contribution in [2.45, 2.75) is 39.0 Å². The van der Waals surface area contributed by atoms with Crippen LogP contribution in [0, 0.1) is 0 Å². The molecule has 0 radical (unpaired) electrons. The van der Waals surface area contributed by atoms with Gasteiger partial charge in [0.1, 0.15) is 0 Å². The second kappa shape index (κ2) is 9.30. The van der Waals surface area contributed by atoms with E-state index in [1.165, 1.54) is 0 Å². The molecular formula is C21H25N3O4. The number of hydrogen-bond donors (Lipinski definition) is 2. The van der Waals surface area contributed by atoms with Crippen molar-refractivity contribution >= 4 is 28.7 Å². The fraction of sp³-hybridized carbons (Fsp3) is 0.429. The third kappa shape index (κ3) is 4.65. The Morgan fingerprint density at radius 1 is 1.07 bits per heavy atom. The van der Waals surface area contributed by atoms with Crippen LogP contribution < -0.4 is 10.6 Å². The van der Waals surface area contributed by atoms with Crippen LogP contribution in [0.15, 0.2) is 24.3 Å². The molecule has 0 aliphatic heterocycles. The monoisotopic (exact) mass is 383 g/mol. The smallest absolute Gasteiger partial charge is 0.339 e. The zero-order valence-corrected chi connectivity index (χ0v) is 16.0. The molecular weight excluding hydrogens is 358 g/mol.